The van der Waals surface area contributed by atoms with Crippen LogP contribution in [0.15, 0.2) is 0 Å². The Labute approximate surface area is 77.9 Å². The third-order valence-electron chi connectivity index (χ3n) is 2.58. The van der Waals surface area contributed by atoms with Gasteiger partial charge in [0.2, 0.25) is 0 Å². The van der Waals surface area contributed by atoms with Crippen LogP contribution in [0.1, 0.15) is 47.5 Å². The molecule has 0 aromatic rings. The van der Waals surface area contributed by atoms with E-state index >= 15 is 0 Å². The molecule has 2 unspecified atom stereocenters. The average Bonchev–Trinajstić information content (AvgIpc) is 2.00. The maximum Gasteiger partial charge on any atom is 0.00642 e. The van der Waals surface area contributed by atoms with Gasteiger partial charge in [0, 0.05) is 6.04 Å². The van der Waals surface area contributed by atoms with Gasteiger partial charge in [-0.1, -0.05) is 34.1 Å². The van der Waals surface area contributed by atoms with Crippen LogP contribution in [0.3, 0.4) is 0 Å². The van der Waals surface area contributed by atoms with Crippen LogP contribution in [0.5, 0.6) is 0 Å². The average molecular weight is 171 g/mol. The van der Waals surface area contributed by atoms with Gasteiger partial charge in [-0.2, -0.15) is 0 Å². The smallest absolute Gasteiger partial charge is 0.00642 e. The van der Waals surface area contributed by atoms with E-state index in [4.69, 9.17) is 0 Å². The van der Waals surface area contributed by atoms with Gasteiger partial charge in [0.15, 0.2) is 0 Å². The Morgan fingerprint density at radius 2 is 1.58 bits per heavy atom. The molecular formula is C11H25N. The van der Waals surface area contributed by atoms with Crippen LogP contribution in [0.4, 0.5) is 0 Å². The largest absolute Gasteiger partial charge is 0.314 e. The first-order valence-electron chi connectivity index (χ1n) is 5.31. The molecule has 0 saturated heterocycles. The van der Waals surface area contributed by atoms with Crippen LogP contribution >= 0.6 is 0 Å². The van der Waals surface area contributed by atoms with Gasteiger partial charge < -0.3 is 5.32 Å². The lowest BCUT2D eigenvalue weighted by Crippen LogP contribution is -2.31. The molecule has 2 atom stereocenters. The van der Waals surface area contributed by atoms with Gasteiger partial charge in [-0.15, -0.1) is 0 Å². The first kappa shape index (κ1) is 12.0. The highest BCUT2D eigenvalue weighted by atomic mass is 14.9. The Hall–Kier alpha value is -0.0400. The summed E-state index contributed by atoms with van der Waals surface area (Å²) in [7, 11) is 0. The zero-order valence-corrected chi connectivity index (χ0v) is 9.35. The summed E-state index contributed by atoms with van der Waals surface area (Å²) in [5, 5.41) is 3.47. The predicted molar refractivity (Wildman–Crippen MR) is 56.4 cm³/mol. The van der Waals surface area contributed by atoms with E-state index in [2.05, 4.69) is 39.9 Å². The van der Waals surface area contributed by atoms with Gasteiger partial charge in [-0.3, -0.25) is 0 Å². The molecule has 0 spiro atoms. The van der Waals surface area contributed by atoms with E-state index in [1.807, 2.05) is 0 Å². The fraction of sp³-hybridized carbons (Fsp3) is 1.00. The third-order valence-corrected chi connectivity index (χ3v) is 2.58. The van der Waals surface area contributed by atoms with Gasteiger partial charge in [0.1, 0.15) is 0 Å². The van der Waals surface area contributed by atoms with Crippen molar-refractivity contribution in [3.63, 3.8) is 0 Å². The molecule has 0 saturated carbocycles. The summed E-state index contributed by atoms with van der Waals surface area (Å²) in [4.78, 5) is 0. The summed E-state index contributed by atoms with van der Waals surface area (Å²) in [5.74, 6) is 1.66. The Bertz CT molecular complexity index is 99.2. The Kier molecular flexibility index (Phi) is 6.45. The standard InChI is InChI=1S/C11H25N/c1-6-12-11(5)10(4)8-7-9(2)3/h9-12H,6-8H2,1-5H3. The molecule has 0 aromatic carbocycles. The second kappa shape index (κ2) is 6.47. The zero-order valence-electron chi connectivity index (χ0n) is 9.35. The van der Waals surface area contributed by atoms with Crippen molar-refractivity contribution in [1.29, 1.82) is 0 Å². The molecule has 0 aliphatic heterocycles. The maximum absolute atomic E-state index is 3.47. The monoisotopic (exact) mass is 171 g/mol. The molecule has 0 bridgehead atoms. The molecular weight excluding hydrogens is 146 g/mol. The highest BCUT2D eigenvalue weighted by molar-refractivity contribution is 4.67. The van der Waals surface area contributed by atoms with Crippen molar-refractivity contribution in [1.82, 2.24) is 5.32 Å². The fourth-order valence-electron chi connectivity index (χ4n) is 1.37. The zero-order chi connectivity index (χ0) is 9.56. The number of rotatable bonds is 6. The lowest BCUT2D eigenvalue weighted by molar-refractivity contribution is 0.357. The molecule has 1 N–H and O–H groups in total. The SMILES string of the molecule is CCNC(C)C(C)CCC(C)C. The highest BCUT2D eigenvalue weighted by Gasteiger charge is 2.10. The van der Waals surface area contributed by atoms with E-state index in [1.165, 1.54) is 12.8 Å². The highest BCUT2D eigenvalue weighted by Crippen LogP contribution is 2.14. The number of nitrogens with one attached hydrogen (secondary N) is 1. The van der Waals surface area contributed by atoms with Gasteiger partial charge >= 0.3 is 0 Å². The first-order chi connectivity index (χ1) is 5.57. The van der Waals surface area contributed by atoms with Crippen LogP contribution in [0, 0.1) is 11.8 Å². The van der Waals surface area contributed by atoms with Crippen LogP contribution in [-0.4, -0.2) is 12.6 Å². The van der Waals surface area contributed by atoms with Crippen molar-refractivity contribution in [2.75, 3.05) is 6.54 Å². The molecule has 0 aliphatic carbocycles. The van der Waals surface area contributed by atoms with E-state index in [0.717, 1.165) is 18.4 Å². The lowest BCUT2D eigenvalue weighted by Gasteiger charge is -2.21. The minimum absolute atomic E-state index is 0.675. The second-order valence-electron chi connectivity index (χ2n) is 4.29. The van der Waals surface area contributed by atoms with Crippen molar-refractivity contribution in [3.8, 4) is 0 Å². The summed E-state index contributed by atoms with van der Waals surface area (Å²) in [5.41, 5.74) is 0. The molecule has 0 fully saturated rings. The van der Waals surface area contributed by atoms with Crippen molar-refractivity contribution in [3.05, 3.63) is 0 Å². The molecule has 0 heterocycles. The summed E-state index contributed by atoms with van der Waals surface area (Å²) in [6, 6.07) is 0.675. The predicted octanol–water partition coefficient (Wildman–Crippen LogP) is 3.06. The molecule has 0 amide bonds. The second-order valence-corrected chi connectivity index (χ2v) is 4.29. The van der Waals surface area contributed by atoms with Crippen LogP contribution < -0.4 is 5.32 Å². The normalized spacial score (nSPS) is 16.5. The fourth-order valence-corrected chi connectivity index (χ4v) is 1.37. The summed E-state index contributed by atoms with van der Waals surface area (Å²) in [6.07, 6.45) is 2.71. The summed E-state index contributed by atoms with van der Waals surface area (Å²) >= 11 is 0. The van der Waals surface area contributed by atoms with Gasteiger partial charge in [-0.05, 0) is 31.7 Å². The molecule has 1 heteroatoms. The first-order valence-corrected chi connectivity index (χ1v) is 5.31. The quantitative estimate of drug-likeness (QED) is 0.647. The van der Waals surface area contributed by atoms with Crippen molar-refractivity contribution >= 4 is 0 Å². The number of hydrogen-bond acceptors (Lipinski definition) is 1. The minimum atomic E-state index is 0.675. The van der Waals surface area contributed by atoms with Gasteiger partial charge in [0.25, 0.3) is 0 Å². The molecule has 0 aromatic heterocycles. The van der Waals surface area contributed by atoms with Crippen LogP contribution in [0.25, 0.3) is 0 Å². The van der Waals surface area contributed by atoms with Crippen molar-refractivity contribution < 1.29 is 0 Å². The molecule has 74 valence electrons. The van der Waals surface area contributed by atoms with E-state index in [1.54, 1.807) is 0 Å². The van der Waals surface area contributed by atoms with E-state index in [0.29, 0.717) is 6.04 Å². The van der Waals surface area contributed by atoms with E-state index < -0.39 is 0 Å². The molecule has 0 aliphatic rings. The lowest BCUT2D eigenvalue weighted by atomic mass is 9.94. The van der Waals surface area contributed by atoms with Crippen molar-refractivity contribution in [2.24, 2.45) is 11.8 Å². The molecule has 0 rings (SSSR count). The van der Waals surface area contributed by atoms with Gasteiger partial charge in [0.05, 0.1) is 0 Å². The van der Waals surface area contributed by atoms with Crippen LogP contribution in [0.2, 0.25) is 0 Å². The minimum Gasteiger partial charge on any atom is -0.314 e. The Morgan fingerprint density at radius 3 is 2.00 bits per heavy atom. The molecule has 1 nitrogen and oxygen atoms in total. The topological polar surface area (TPSA) is 12.0 Å². The third kappa shape index (κ3) is 5.59. The number of hydrogen-bond donors (Lipinski definition) is 1. The molecule has 0 radical (unpaired) electrons. The van der Waals surface area contributed by atoms with E-state index in [-0.39, 0.29) is 0 Å². The summed E-state index contributed by atoms with van der Waals surface area (Å²) < 4.78 is 0. The maximum atomic E-state index is 3.47. The van der Waals surface area contributed by atoms with Crippen molar-refractivity contribution in [2.45, 2.75) is 53.5 Å². The van der Waals surface area contributed by atoms with Crippen LogP contribution in [-0.2, 0) is 0 Å². The Morgan fingerprint density at radius 1 is 1.00 bits per heavy atom. The summed E-state index contributed by atoms with van der Waals surface area (Å²) in [6.45, 7) is 12.5. The molecule has 12 heavy (non-hydrogen) atoms. The Balaban J connectivity index is 3.49. The van der Waals surface area contributed by atoms with E-state index in [9.17, 15) is 0 Å². The van der Waals surface area contributed by atoms with Gasteiger partial charge in [-0.25, -0.2) is 0 Å².